The fourth-order valence-corrected chi connectivity index (χ4v) is 3.60. The predicted molar refractivity (Wildman–Crippen MR) is 121 cm³/mol. The van der Waals surface area contributed by atoms with Gasteiger partial charge in [0.1, 0.15) is 29.9 Å². The van der Waals surface area contributed by atoms with Crippen molar-refractivity contribution in [1.29, 1.82) is 0 Å². The molecule has 0 atom stereocenters. The van der Waals surface area contributed by atoms with E-state index in [4.69, 9.17) is 0 Å². The Morgan fingerprint density at radius 1 is 0.735 bits per heavy atom. The van der Waals surface area contributed by atoms with Gasteiger partial charge in [-0.1, -0.05) is 36.9 Å². The molecule has 0 unspecified atom stereocenters. The van der Waals surface area contributed by atoms with Crippen LogP contribution in [0.1, 0.15) is 22.3 Å². The Morgan fingerprint density at radius 3 is 2.00 bits per heavy atom. The molecule has 0 radical (unpaired) electrons. The van der Waals surface area contributed by atoms with Crippen molar-refractivity contribution in [1.82, 2.24) is 9.97 Å². The molecule has 0 saturated heterocycles. The smallest absolute Gasteiger partial charge is 0.159 e. The maximum atomic E-state index is 14.7. The Morgan fingerprint density at radius 2 is 1.41 bits per heavy atom. The predicted octanol–water partition coefficient (Wildman–Crippen LogP) is 7.26. The molecule has 1 aromatic heterocycles. The van der Waals surface area contributed by atoms with Crippen LogP contribution in [0.15, 0.2) is 67.5 Å². The summed E-state index contributed by atoms with van der Waals surface area (Å²) in [5.74, 6) is -2.85. The third-order valence-corrected chi connectivity index (χ3v) is 5.52. The van der Waals surface area contributed by atoms with Crippen molar-refractivity contribution in [3.05, 3.63) is 113 Å². The summed E-state index contributed by atoms with van der Waals surface area (Å²) in [5.41, 5.74) is 1.60. The average Bonchev–Trinajstić information content (AvgIpc) is 2.83. The molecule has 3 aromatic carbocycles. The number of alkyl halides is 1. The van der Waals surface area contributed by atoms with Gasteiger partial charge < -0.3 is 0 Å². The Balaban J connectivity index is 1.49. The topological polar surface area (TPSA) is 25.8 Å². The van der Waals surface area contributed by atoms with Crippen molar-refractivity contribution in [2.75, 3.05) is 0 Å². The fourth-order valence-electron chi connectivity index (χ4n) is 3.60. The lowest BCUT2D eigenvalue weighted by molar-refractivity contribution is 0.440. The number of hydrogen-bond acceptors (Lipinski definition) is 2. The summed E-state index contributed by atoms with van der Waals surface area (Å²) < 4.78 is 69.8. The number of halogens is 5. The first-order chi connectivity index (χ1) is 16.4. The second kappa shape index (κ2) is 9.95. The molecular formula is C27H19F5N2. The third kappa shape index (κ3) is 4.88. The van der Waals surface area contributed by atoms with E-state index < -0.39 is 35.5 Å². The van der Waals surface area contributed by atoms with E-state index >= 15 is 0 Å². The van der Waals surface area contributed by atoms with Crippen LogP contribution in [0.4, 0.5) is 22.0 Å². The van der Waals surface area contributed by atoms with E-state index in [-0.39, 0.29) is 11.1 Å². The lowest BCUT2D eigenvalue weighted by atomic mass is 9.98. The van der Waals surface area contributed by atoms with E-state index in [9.17, 15) is 22.0 Å². The molecule has 2 nitrogen and oxygen atoms in total. The van der Waals surface area contributed by atoms with Gasteiger partial charge in [0.15, 0.2) is 5.82 Å². The monoisotopic (exact) mass is 466 g/mol. The molecule has 0 N–H and O–H groups in total. The maximum absolute atomic E-state index is 14.7. The molecule has 0 fully saturated rings. The van der Waals surface area contributed by atoms with Crippen LogP contribution in [0.2, 0.25) is 0 Å². The quantitative estimate of drug-likeness (QED) is 0.268. The van der Waals surface area contributed by atoms with Gasteiger partial charge in [-0.2, -0.15) is 0 Å². The van der Waals surface area contributed by atoms with Gasteiger partial charge in [-0.05, 0) is 53.8 Å². The summed E-state index contributed by atoms with van der Waals surface area (Å²) in [6.45, 7) is 2.35. The van der Waals surface area contributed by atoms with E-state index in [1.807, 2.05) is 0 Å². The lowest BCUT2D eigenvalue weighted by Crippen LogP contribution is -1.98. The molecule has 0 bridgehead atoms. The van der Waals surface area contributed by atoms with Crippen molar-refractivity contribution in [3.63, 3.8) is 0 Å². The van der Waals surface area contributed by atoms with E-state index in [2.05, 4.69) is 16.5 Å². The van der Waals surface area contributed by atoms with Gasteiger partial charge in [-0.3, -0.25) is 0 Å². The van der Waals surface area contributed by atoms with E-state index in [1.165, 1.54) is 18.2 Å². The number of aryl methyl sites for hydroxylation is 2. The summed E-state index contributed by atoms with van der Waals surface area (Å²) in [5, 5.41) is 0. The normalized spacial score (nSPS) is 11.0. The SMILES string of the molecule is C=Cc1cnc(-c2ccc(CCc3ccc(-c4cc(F)c(CF)c(F)c4)c(F)c3)c(F)c2)nc1. The molecule has 172 valence electrons. The standard InChI is InChI=1S/C27H19F5N2/c1-2-16-14-33-27(34-15-16)19-7-6-18(23(29)10-19)5-3-17-4-8-21(24(30)9-17)20-11-25(31)22(13-28)26(32)12-20/h2,4,6-12,14-15H,1,3,5,13H2. The zero-order valence-corrected chi connectivity index (χ0v) is 18.0. The van der Waals surface area contributed by atoms with Gasteiger partial charge in [0.2, 0.25) is 0 Å². The van der Waals surface area contributed by atoms with Gasteiger partial charge in [-0.25, -0.2) is 31.9 Å². The van der Waals surface area contributed by atoms with Crippen molar-refractivity contribution >= 4 is 6.08 Å². The number of rotatable bonds is 7. The second-order valence-electron chi connectivity index (χ2n) is 7.72. The van der Waals surface area contributed by atoms with E-state index in [0.29, 0.717) is 35.4 Å². The third-order valence-electron chi connectivity index (χ3n) is 5.52. The fraction of sp³-hybridized carbons (Fsp3) is 0.111. The molecule has 1 heterocycles. The highest BCUT2D eigenvalue weighted by Crippen LogP contribution is 2.28. The Labute approximate surface area is 193 Å². The van der Waals surface area contributed by atoms with Crippen LogP contribution in [0.5, 0.6) is 0 Å². The summed E-state index contributed by atoms with van der Waals surface area (Å²) >= 11 is 0. The molecule has 0 spiro atoms. The van der Waals surface area contributed by atoms with Gasteiger partial charge in [0.25, 0.3) is 0 Å². The van der Waals surface area contributed by atoms with Crippen molar-refractivity contribution in [3.8, 4) is 22.5 Å². The van der Waals surface area contributed by atoms with Gasteiger partial charge >= 0.3 is 0 Å². The Hall–Kier alpha value is -3.87. The largest absolute Gasteiger partial charge is 0.246 e. The zero-order valence-electron chi connectivity index (χ0n) is 18.0. The van der Waals surface area contributed by atoms with Gasteiger partial charge in [0, 0.05) is 29.1 Å². The second-order valence-corrected chi connectivity index (χ2v) is 7.72. The van der Waals surface area contributed by atoms with Gasteiger partial charge in [0.05, 0.1) is 5.56 Å². The van der Waals surface area contributed by atoms with Crippen molar-refractivity contribution in [2.45, 2.75) is 19.5 Å². The number of nitrogens with zero attached hydrogens (tertiary/aromatic N) is 2. The minimum absolute atomic E-state index is 0.00929. The Kier molecular flexibility index (Phi) is 6.82. The van der Waals surface area contributed by atoms with Crippen molar-refractivity contribution < 1.29 is 22.0 Å². The van der Waals surface area contributed by atoms with Crippen LogP contribution in [-0.2, 0) is 19.5 Å². The first-order valence-corrected chi connectivity index (χ1v) is 10.5. The highest BCUT2D eigenvalue weighted by atomic mass is 19.2. The van der Waals surface area contributed by atoms with Crippen LogP contribution in [0.25, 0.3) is 28.6 Å². The number of aromatic nitrogens is 2. The van der Waals surface area contributed by atoms with Crippen molar-refractivity contribution in [2.24, 2.45) is 0 Å². The molecule has 0 amide bonds. The highest BCUT2D eigenvalue weighted by Gasteiger charge is 2.15. The Bertz CT molecular complexity index is 1330. The maximum Gasteiger partial charge on any atom is 0.159 e. The summed E-state index contributed by atoms with van der Waals surface area (Å²) in [4.78, 5) is 8.38. The lowest BCUT2D eigenvalue weighted by Gasteiger charge is -2.10. The molecule has 0 aliphatic rings. The highest BCUT2D eigenvalue weighted by molar-refractivity contribution is 5.65. The molecular weight excluding hydrogens is 447 g/mol. The summed E-state index contributed by atoms with van der Waals surface area (Å²) in [7, 11) is 0. The molecule has 4 rings (SSSR count). The van der Waals surface area contributed by atoms with E-state index in [0.717, 1.165) is 17.7 Å². The first-order valence-electron chi connectivity index (χ1n) is 10.5. The molecule has 0 aliphatic carbocycles. The molecule has 0 aliphatic heterocycles. The molecule has 34 heavy (non-hydrogen) atoms. The number of benzene rings is 3. The average molecular weight is 466 g/mol. The van der Waals surface area contributed by atoms with Crippen LogP contribution in [-0.4, -0.2) is 9.97 Å². The van der Waals surface area contributed by atoms with Crippen LogP contribution >= 0.6 is 0 Å². The van der Waals surface area contributed by atoms with Gasteiger partial charge in [-0.15, -0.1) is 0 Å². The minimum Gasteiger partial charge on any atom is -0.246 e. The van der Waals surface area contributed by atoms with E-state index in [1.54, 1.807) is 36.7 Å². The van der Waals surface area contributed by atoms with Crippen LogP contribution < -0.4 is 0 Å². The zero-order chi connectivity index (χ0) is 24.2. The van der Waals surface area contributed by atoms with Crippen LogP contribution in [0, 0.1) is 23.3 Å². The summed E-state index contributed by atoms with van der Waals surface area (Å²) in [6, 6.07) is 10.8. The molecule has 7 heteroatoms. The summed E-state index contributed by atoms with van der Waals surface area (Å²) in [6.07, 6.45) is 5.47. The first kappa shape index (κ1) is 23.3. The molecule has 4 aromatic rings. The number of hydrogen-bond donors (Lipinski definition) is 0. The van der Waals surface area contributed by atoms with Crippen LogP contribution in [0.3, 0.4) is 0 Å². The minimum atomic E-state index is -1.29. The molecule has 0 saturated carbocycles.